The molecule has 0 spiro atoms. The van der Waals surface area contributed by atoms with Crippen LogP contribution in [0.25, 0.3) is 0 Å². The van der Waals surface area contributed by atoms with Gasteiger partial charge in [-0.05, 0) is 40.5 Å². The molecule has 2 aromatic rings. The van der Waals surface area contributed by atoms with Crippen molar-refractivity contribution < 1.29 is 4.79 Å². The number of rotatable bonds is 2. The summed E-state index contributed by atoms with van der Waals surface area (Å²) in [6.07, 6.45) is 3.37. The Balaban J connectivity index is 2.24. The lowest BCUT2D eigenvalue weighted by atomic mass is 10.2. The van der Waals surface area contributed by atoms with Crippen molar-refractivity contribution in [3.63, 3.8) is 0 Å². The second kappa shape index (κ2) is 5.12. The van der Waals surface area contributed by atoms with Crippen LogP contribution < -0.4 is 5.32 Å². The summed E-state index contributed by atoms with van der Waals surface area (Å²) in [6.45, 7) is 1.87. The highest BCUT2D eigenvalue weighted by Crippen LogP contribution is 2.19. The van der Waals surface area contributed by atoms with Crippen LogP contribution in [0, 0.1) is 6.92 Å². The number of carbonyl (C=O) groups excluding carboxylic acids is 1. The quantitative estimate of drug-likeness (QED) is 0.859. The van der Waals surface area contributed by atoms with Crippen molar-refractivity contribution in [1.82, 2.24) is 9.55 Å². The molecule has 0 bridgehead atoms. The highest BCUT2D eigenvalue weighted by atomic mass is 79.9. The van der Waals surface area contributed by atoms with E-state index in [9.17, 15) is 4.79 Å². The van der Waals surface area contributed by atoms with Gasteiger partial charge in [0.25, 0.3) is 5.91 Å². The molecule has 0 aliphatic rings. The number of amides is 1. The summed E-state index contributed by atoms with van der Waals surface area (Å²) in [6, 6.07) is 3.46. The van der Waals surface area contributed by atoms with Gasteiger partial charge in [-0.3, -0.25) is 4.79 Å². The van der Waals surface area contributed by atoms with E-state index in [0.29, 0.717) is 16.5 Å². The Labute approximate surface area is 118 Å². The van der Waals surface area contributed by atoms with Crippen molar-refractivity contribution in [3.8, 4) is 0 Å². The Morgan fingerprint density at radius 3 is 2.78 bits per heavy atom. The van der Waals surface area contributed by atoms with Gasteiger partial charge in [0.15, 0.2) is 0 Å². The maximum Gasteiger partial charge on any atom is 0.272 e. The molecule has 6 heteroatoms. The van der Waals surface area contributed by atoms with Gasteiger partial charge >= 0.3 is 0 Å². The molecule has 0 saturated heterocycles. The highest BCUT2D eigenvalue weighted by Gasteiger charge is 2.12. The van der Waals surface area contributed by atoms with E-state index < -0.39 is 0 Å². The fourth-order valence-electron chi connectivity index (χ4n) is 1.59. The summed E-state index contributed by atoms with van der Waals surface area (Å²) < 4.78 is 2.61. The van der Waals surface area contributed by atoms with E-state index in [1.165, 1.54) is 0 Å². The lowest BCUT2D eigenvalue weighted by molar-refractivity contribution is 0.101. The first-order valence-corrected chi connectivity index (χ1v) is 6.40. The molecule has 2 rings (SSSR count). The van der Waals surface area contributed by atoms with Crippen LogP contribution in [0.1, 0.15) is 16.1 Å². The average Bonchev–Trinajstić information content (AvgIpc) is 2.62. The number of carbonyl (C=O) groups is 1. The molecular formula is C12H11BrClN3O. The van der Waals surface area contributed by atoms with Crippen LogP contribution in [0.5, 0.6) is 0 Å². The van der Waals surface area contributed by atoms with Gasteiger partial charge in [-0.1, -0.05) is 11.6 Å². The van der Waals surface area contributed by atoms with E-state index >= 15 is 0 Å². The first-order chi connectivity index (χ1) is 8.47. The normalized spacial score (nSPS) is 10.4. The number of hydrogen-bond acceptors (Lipinski definition) is 2. The van der Waals surface area contributed by atoms with Crippen LogP contribution in [-0.2, 0) is 7.05 Å². The molecule has 0 unspecified atom stereocenters. The number of halogens is 2. The van der Waals surface area contributed by atoms with E-state index in [-0.39, 0.29) is 5.91 Å². The Bertz CT molecular complexity index is 609. The monoisotopic (exact) mass is 327 g/mol. The smallest absolute Gasteiger partial charge is 0.272 e. The van der Waals surface area contributed by atoms with Crippen LogP contribution in [0.3, 0.4) is 0 Å². The van der Waals surface area contributed by atoms with Gasteiger partial charge in [0.2, 0.25) is 0 Å². The van der Waals surface area contributed by atoms with Crippen molar-refractivity contribution in [3.05, 3.63) is 45.4 Å². The number of aromatic nitrogens is 2. The maximum absolute atomic E-state index is 12.1. The lowest BCUT2D eigenvalue weighted by Crippen LogP contribution is -2.16. The standard InChI is InChI=1S/C12H11BrClN3O/c1-7-3-11(14)15-5-9(7)16-12(18)10-4-8(13)6-17(10)2/h3-6H,1-2H3,(H,16,18). The summed E-state index contributed by atoms with van der Waals surface area (Å²) in [4.78, 5) is 16.0. The summed E-state index contributed by atoms with van der Waals surface area (Å²) in [5, 5.41) is 3.22. The van der Waals surface area contributed by atoms with Crippen LogP contribution in [0.15, 0.2) is 29.0 Å². The minimum atomic E-state index is -0.185. The minimum absolute atomic E-state index is 0.185. The third-order valence-corrected chi connectivity index (χ3v) is 3.17. The summed E-state index contributed by atoms with van der Waals surface area (Å²) >= 11 is 9.10. The largest absolute Gasteiger partial charge is 0.345 e. The van der Waals surface area contributed by atoms with Gasteiger partial charge in [0.1, 0.15) is 10.8 Å². The second-order valence-electron chi connectivity index (χ2n) is 3.93. The minimum Gasteiger partial charge on any atom is -0.345 e. The number of pyridine rings is 1. The SMILES string of the molecule is Cc1cc(Cl)ncc1NC(=O)c1cc(Br)cn1C. The zero-order chi connectivity index (χ0) is 13.3. The number of aryl methyl sites for hydroxylation is 2. The van der Waals surface area contributed by atoms with Crippen LogP contribution in [-0.4, -0.2) is 15.5 Å². The molecule has 0 fully saturated rings. The van der Waals surface area contributed by atoms with E-state index in [0.717, 1.165) is 10.0 Å². The summed E-state index contributed by atoms with van der Waals surface area (Å²) in [5.74, 6) is -0.185. The highest BCUT2D eigenvalue weighted by molar-refractivity contribution is 9.10. The Hall–Kier alpha value is -1.33. The lowest BCUT2D eigenvalue weighted by Gasteiger charge is -2.08. The molecule has 0 aliphatic carbocycles. The molecule has 0 atom stereocenters. The second-order valence-corrected chi connectivity index (χ2v) is 5.23. The van der Waals surface area contributed by atoms with Gasteiger partial charge < -0.3 is 9.88 Å². The van der Waals surface area contributed by atoms with Gasteiger partial charge in [-0.15, -0.1) is 0 Å². The third-order valence-electron chi connectivity index (χ3n) is 2.53. The van der Waals surface area contributed by atoms with Crippen molar-refractivity contribution in [2.75, 3.05) is 5.32 Å². The number of nitrogens with zero attached hydrogens (tertiary/aromatic N) is 2. The molecular weight excluding hydrogens is 318 g/mol. The van der Waals surface area contributed by atoms with Gasteiger partial charge in [0.05, 0.1) is 11.9 Å². The number of hydrogen-bond donors (Lipinski definition) is 1. The van der Waals surface area contributed by atoms with Crippen molar-refractivity contribution in [2.24, 2.45) is 7.05 Å². The molecule has 0 aliphatic heterocycles. The predicted octanol–water partition coefficient (Wildman–Crippen LogP) is 3.40. The third kappa shape index (κ3) is 2.73. The molecule has 94 valence electrons. The zero-order valence-electron chi connectivity index (χ0n) is 9.87. The van der Waals surface area contributed by atoms with Crippen molar-refractivity contribution in [1.29, 1.82) is 0 Å². The van der Waals surface area contributed by atoms with E-state index in [1.54, 1.807) is 22.9 Å². The first-order valence-electron chi connectivity index (χ1n) is 5.22. The van der Waals surface area contributed by atoms with E-state index in [1.807, 2.05) is 20.2 Å². The molecule has 4 nitrogen and oxygen atoms in total. The molecule has 0 saturated carbocycles. The van der Waals surface area contributed by atoms with E-state index in [2.05, 4.69) is 26.2 Å². The summed E-state index contributed by atoms with van der Waals surface area (Å²) in [5.41, 5.74) is 2.09. The van der Waals surface area contributed by atoms with Gasteiger partial charge in [-0.25, -0.2) is 4.98 Å². The number of nitrogens with one attached hydrogen (secondary N) is 1. The van der Waals surface area contributed by atoms with Crippen molar-refractivity contribution in [2.45, 2.75) is 6.92 Å². The molecule has 2 heterocycles. The van der Waals surface area contributed by atoms with Crippen LogP contribution in [0.4, 0.5) is 5.69 Å². The molecule has 0 radical (unpaired) electrons. The molecule has 2 aromatic heterocycles. The van der Waals surface area contributed by atoms with E-state index in [4.69, 9.17) is 11.6 Å². The predicted molar refractivity (Wildman–Crippen MR) is 75.1 cm³/mol. The maximum atomic E-state index is 12.1. The molecule has 1 amide bonds. The Morgan fingerprint density at radius 2 is 2.22 bits per heavy atom. The average molecular weight is 329 g/mol. The molecule has 18 heavy (non-hydrogen) atoms. The van der Waals surface area contributed by atoms with Crippen LogP contribution >= 0.6 is 27.5 Å². The van der Waals surface area contributed by atoms with Crippen molar-refractivity contribution >= 4 is 39.1 Å². The fourth-order valence-corrected chi connectivity index (χ4v) is 2.33. The van der Waals surface area contributed by atoms with Gasteiger partial charge in [0, 0.05) is 17.7 Å². The Kier molecular flexibility index (Phi) is 3.73. The Morgan fingerprint density at radius 1 is 1.50 bits per heavy atom. The first kappa shape index (κ1) is 13.1. The topological polar surface area (TPSA) is 46.9 Å². The molecule has 0 aromatic carbocycles. The van der Waals surface area contributed by atoms with Crippen LogP contribution in [0.2, 0.25) is 5.15 Å². The number of anilines is 1. The zero-order valence-corrected chi connectivity index (χ0v) is 12.2. The fraction of sp³-hybridized carbons (Fsp3) is 0.167. The van der Waals surface area contributed by atoms with Gasteiger partial charge in [-0.2, -0.15) is 0 Å². The summed E-state index contributed by atoms with van der Waals surface area (Å²) in [7, 11) is 1.81. The molecule has 1 N–H and O–H groups in total.